The van der Waals surface area contributed by atoms with Crippen LogP contribution in [0.25, 0.3) is 0 Å². The maximum absolute atomic E-state index is 12.9. The van der Waals surface area contributed by atoms with E-state index in [0.717, 1.165) is 30.8 Å². The Labute approximate surface area is 186 Å². The van der Waals surface area contributed by atoms with Crippen molar-refractivity contribution in [3.8, 4) is 0 Å². The standard InChI is InChI=1S/C24H33N3O3S/c1-17-13-15-27(16-14-17)21-11-9-20(10-12-21)19(3)25-24(28)22-7-6-8-23(18(22)2)26(4)31(5,29)30/h6-12,17,19H,13-16H2,1-5H3,(H,25,28)/t19-/m0/s1. The van der Waals surface area contributed by atoms with E-state index in [2.05, 4.69) is 41.4 Å². The number of rotatable bonds is 6. The average molecular weight is 444 g/mol. The highest BCUT2D eigenvalue weighted by atomic mass is 32.2. The van der Waals surface area contributed by atoms with E-state index in [1.807, 2.05) is 6.92 Å². The summed E-state index contributed by atoms with van der Waals surface area (Å²) in [5.41, 5.74) is 3.86. The Kier molecular flexibility index (Phi) is 6.94. The van der Waals surface area contributed by atoms with Gasteiger partial charge >= 0.3 is 0 Å². The SMILES string of the molecule is Cc1c(C(=O)N[C@@H](C)c2ccc(N3CCC(C)CC3)cc2)cccc1N(C)S(C)(=O)=O. The Morgan fingerprint density at radius 1 is 1.13 bits per heavy atom. The Morgan fingerprint density at radius 2 is 1.74 bits per heavy atom. The number of piperidine rings is 1. The molecule has 0 radical (unpaired) electrons. The summed E-state index contributed by atoms with van der Waals surface area (Å²) >= 11 is 0. The van der Waals surface area contributed by atoms with Crippen LogP contribution in [0.2, 0.25) is 0 Å². The van der Waals surface area contributed by atoms with Crippen molar-refractivity contribution >= 4 is 27.3 Å². The molecule has 1 N–H and O–H groups in total. The lowest BCUT2D eigenvalue weighted by Gasteiger charge is -2.32. The Morgan fingerprint density at radius 3 is 2.32 bits per heavy atom. The third-order valence-electron chi connectivity index (χ3n) is 6.28. The van der Waals surface area contributed by atoms with Crippen LogP contribution in [0.15, 0.2) is 42.5 Å². The van der Waals surface area contributed by atoms with E-state index >= 15 is 0 Å². The molecule has 1 heterocycles. The van der Waals surface area contributed by atoms with Gasteiger partial charge in [0.2, 0.25) is 10.0 Å². The lowest BCUT2D eigenvalue weighted by Crippen LogP contribution is -2.32. The van der Waals surface area contributed by atoms with Crippen molar-refractivity contribution in [2.75, 3.05) is 35.6 Å². The first-order valence-corrected chi connectivity index (χ1v) is 12.6. The summed E-state index contributed by atoms with van der Waals surface area (Å²) in [5, 5.41) is 3.04. The maximum Gasteiger partial charge on any atom is 0.252 e. The predicted molar refractivity (Wildman–Crippen MR) is 127 cm³/mol. The number of sulfonamides is 1. The molecule has 3 rings (SSSR count). The molecule has 0 spiro atoms. The van der Waals surface area contributed by atoms with Gasteiger partial charge < -0.3 is 10.2 Å². The normalized spacial score (nSPS) is 16.1. The zero-order valence-electron chi connectivity index (χ0n) is 19.1. The molecule has 6 nitrogen and oxygen atoms in total. The second kappa shape index (κ2) is 9.30. The number of carbonyl (C=O) groups excluding carboxylic acids is 1. The quantitative estimate of drug-likeness (QED) is 0.729. The number of benzene rings is 2. The van der Waals surface area contributed by atoms with Crippen LogP contribution in [0.4, 0.5) is 11.4 Å². The van der Waals surface area contributed by atoms with Gasteiger partial charge in [0.1, 0.15) is 0 Å². The third-order valence-corrected chi connectivity index (χ3v) is 7.47. The summed E-state index contributed by atoms with van der Waals surface area (Å²) in [6.07, 6.45) is 3.59. The molecule has 1 atom stereocenters. The first-order valence-electron chi connectivity index (χ1n) is 10.8. The molecule has 1 aliphatic heterocycles. The van der Waals surface area contributed by atoms with Gasteiger partial charge in [-0.2, -0.15) is 0 Å². The highest BCUT2D eigenvalue weighted by Crippen LogP contribution is 2.26. The van der Waals surface area contributed by atoms with Crippen molar-refractivity contribution in [2.45, 2.75) is 39.7 Å². The van der Waals surface area contributed by atoms with Crippen LogP contribution in [0.3, 0.4) is 0 Å². The molecule has 31 heavy (non-hydrogen) atoms. The molecule has 7 heteroatoms. The molecule has 1 amide bonds. The van der Waals surface area contributed by atoms with Crippen LogP contribution in [0.5, 0.6) is 0 Å². The Bertz CT molecular complexity index is 1030. The Hall–Kier alpha value is -2.54. The van der Waals surface area contributed by atoms with Crippen molar-refractivity contribution in [3.05, 3.63) is 59.2 Å². The summed E-state index contributed by atoms with van der Waals surface area (Å²) < 4.78 is 25.0. The van der Waals surface area contributed by atoms with Crippen LogP contribution in [0, 0.1) is 12.8 Å². The van der Waals surface area contributed by atoms with Gasteiger partial charge in [-0.05, 0) is 68.0 Å². The molecule has 0 bridgehead atoms. The van der Waals surface area contributed by atoms with E-state index in [0.29, 0.717) is 16.8 Å². The fraction of sp³-hybridized carbons (Fsp3) is 0.458. The first-order chi connectivity index (χ1) is 14.6. The van der Waals surface area contributed by atoms with Gasteiger partial charge in [0.25, 0.3) is 5.91 Å². The molecule has 2 aromatic rings. The topological polar surface area (TPSA) is 69.7 Å². The largest absolute Gasteiger partial charge is 0.372 e. The van der Waals surface area contributed by atoms with E-state index in [9.17, 15) is 13.2 Å². The predicted octanol–water partition coefficient (Wildman–Crippen LogP) is 4.12. The van der Waals surface area contributed by atoms with Gasteiger partial charge in [-0.15, -0.1) is 0 Å². The molecule has 0 aliphatic carbocycles. The highest BCUT2D eigenvalue weighted by Gasteiger charge is 2.20. The van der Waals surface area contributed by atoms with E-state index in [1.165, 1.54) is 29.9 Å². The monoisotopic (exact) mass is 443 g/mol. The van der Waals surface area contributed by atoms with Gasteiger partial charge in [0.05, 0.1) is 18.0 Å². The van der Waals surface area contributed by atoms with Crippen LogP contribution in [-0.4, -0.2) is 40.7 Å². The summed E-state index contributed by atoms with van der Waals surface area (Å²) in [6.45, 7) is 8.21. The van der Waals surface area contributed by atoms with Crippen LogP contribution >= 0.6 is 0 Å². The molecule has 1 fully saturated rings. The molecule has 2 aromatic carbocycles. The fourth-order valence-corrected chi connectivity index (χ4v) is 4.54. The molecular formula is C24H33N3O3S. The minimum absolute atomic E-state index is 0.168. The average Bonchev–Trinajstić information content (AvgIpc) is 2.73. The Balaban J connectivity index is 1.71. The van der Waals surface area contributed by atoms with Crippen molar-refractivity contribution in [3.63, 3.8) is 0 Å². The fourth-order valence-electron chi connectivity index (χ4n) is 3.99. The number of nitrogens with one attached hydrogen (secondary N) is 1. The number of amides is 1. The van der Waals surface area contributed by atoms with Crippen molar-refractivity contribution < 1.29 is 13.2 Å². The first kappa shape index (κ1) is 23.1. The molecule has 0 saturated carbocycles. The third kappa shape index (κ3) is 5.39. The number of nitrogens with zero attached hydrogens (tertiary/aromatic N) is 2. The molecule has 0 aromatic heterocycles. The summed E-state index contributed by atoms with van der Waals surface area (Å²) in [7, 11) is -1.91. The van der Waals surface area contributed by atoms with Gasteiger partial charge in [0, 0.05) is 31.4 Å². The molecule has 1 saturated heterocycles. The highest BCUT2D eigenvalue weighted by molar-refractivity contribution is 7.92. The van der Waals surface area contributed by atoms with Crippen LogP contribution in [0.1, 0.15) is 54.2 Å². The number of anilines is 2. The lowest BCUT2D eigenvalue weighted by atomic mass is 9.98. The minimum Gasteiger partial charge on any atom is -0.372 e. The van der Waals surface area contributed by atoms with Crippen molar-refractivity contribution in [2.24, 2.45) is 5.92 Å². The molecule has 168 valence electrons. The van der Waals surface area contributed by atoms with E-state index in [-0.39, 0.29) is 11.9 Å². The van der Waals surface area contributed by atoms with Gasteiger partial charge in [0.15, 0.2) is 0 Å². The van der Waals surface area contributed by atoms with Crippen LogP contribution < -0.4 is 14.5 Å². The van der Waals surface area contributed by atoms with Gasteiger partial charge in [-0.25, -0.2) is 8.42 Å². The zero-order chi connectivity index (χ0) is 22.8. The lowest BCUT2D eigenvalue weighted by molar-refractivity contribution is 0.0939. The molecular weight excluding hydrogens is 410 g/mol. The van der Waals surface area contributed by atoms with E-state index < -0.39 is 10.0 Å². The van der Waals surface area contributed by atoms with E-state index in [1.54, 1.807) is 25.1 Å². The summed E-state index contributed by atoms with van der Waals surface area (Å²) in [5.74, 6) is 0.577. The number of carbonyl (C=O) groups is 1. The zero-order valence-corrected chi connectivity index (χ0v) is 19.9. The van der Waals surface area contributed by atoms with Crippen LogP contribution in [-0.2, 0) is 10.0 Å². The number of hydrogen-bond donors (Lipinski definition) is 1. The smallest absolute Gasteiger partial charge is 0.252 e. The van der Waals surface area contributed by atoms with Crippen molar-refractivity contribution in [1.29, 1.82) is 0 Å². The molecule has 1 aliphatic rings. The second-order valence-electron chi connectivity index (χ2n) is 8.64. The summed E-state index contributed by atoms with van der Waals surface area (Å²) in [6, 6.07) is 13.4. The van der Waals surface area contributed by atoms with Gasteiger partial charge in [-0.1, -0.05) is 25.1 Å². The number of hydrogen-bond acceptors (Lipinski definition) is 4. The van der Waals surface area contributed by atoms with Crippen molar-refractivity contribution in [1.82, 2.24) is 5.32 Å². The minimum atomic E-state index is -3.41. The van der Waals surface area contributed by atoms with E-state index in [4.69, 9.17) is 0 Å². The van der Waals surface area contributed by atoms with Gasteiger partial charge in [-0.3, -0.25) is 9.10 Å². The molecule has 0 unspecified atom stereocenters. The second-order valence-corrected chi connectivity index (χ2v) is 10.7. The summed E-state index contributed by atoms with van der Waals surface area (Å²) in [4.78, 5) is 15.3. The maximum atomic E-state index is 12.9.